The van der Waals surface area contributed by atoms with Crippen molar-refractivity contribution < 1.29 is 8.42 Å². The molecule has 2 rings (SSSR count). The Morgan fingerprint density at radius 3 is 2.35 bits per heavy atom. The third-order valence-electron chi connectivity index (χ3n) is 3.41. The maximum absolute atomic E-state index is 12.3. The van der Waals surface area contributed by atoms with Gasteiger partial charge in [-0.2, -0.15) is 0 Å². The van der Waals surface area contributed by atoms with Gasteiger partial charge in [-0.05, 0) is 30.7 Å². The Balaban J connectivity index is 0.00000200. The fraction of sp³-hybridized carbons (Fsp3) is 0.571. The molecule has 0 saturated heterocycles. The molecule has 0 spiro atoms. The van der Waals surface area contributed by atoms with Crippen molar-refractivity contribution in [1.29, 1.82) is 0 Å². The largest absolute Gasteiger partial charge is 0.329 e. The van der Waals surface area contributed by atoms with E-state index in [1.807, 2.05) is 30.3 Å². The number of sulfonamides is 1. The Bertz CT molecular complexity index is 489. The summed E-state index contributed by atoms with van der Waals surface area (Å²) in [5, 5.41) is 0. The van der Waals surface area contributed by atoms with Gasteiger partial charge in [0.15, 0.2) is 0 Å². The van der Waals surface area contributed by atoms with Gasteiger partial charge in [0.25, 0.3) is 0 Å². The van der Waals surface area contributed by atoms with Gasteiger partial charge in [-0.1, -0.05) is 30.3 Å². The highest BCUT2D eigenvalue weighted by atomic mass is 35.5. The Kier molecular flexibility index (Phi) is 6.95. The van der Waals surface area contributed by atoms with Crippen molar-refractivity contribution in [2.24, 2.45) is 11.7 Å². The van der Waals surface area contributed by atoms with E-state index in [-0.39, 0.29) is 12.4 Å². The van der Waals surface area contributed by atoms with Crippen LogP contribution in [0.3, 0.4) is 0 Å². The molecule has 0 amide bonds. The fourth-order valence-electron chi connectivity index (χ4n) is 2.12. The molecule has 0 atom stereocenters. The summed E-state index contributed by atoms with van der Waals surface area (Å²) in [4.78, 5) is 0. The molecule has 0 bridgehead atoms. The van der Waals surface area contributed by atoms with Crippen LogP contribution >= 0.6 is 12.4 Å². The molecule has 1 saturated carbocycles. The summed E-state index contributed by atoms with van der Waals surface area (Å²) in [6, 6.07) is 9.95. The number of halogens is 1. The van der Waals surface area contributed by atoms with Crippen molar-refractivity contribution in [3.8, 4) is 0 Å². The van der Waals surface area contributed by atoms with Gasteiger partial charge in [-0.3, -0.25) is 0 Å². The van der Waals surface area contributed by atoms with Crippen molar-refractivity contribution in [2.75, 3.05) is 25.4 Å². The lowest BCUT2D eigenvalue weighted by Crippen LogP contribution is -2.38. The van der Waals surface area contributed by atoms with Gasteiger partial charge in [0, 0.05) is 19.6 Å². The molecule has 6 heteroatoms. The Labute approximate surface area is 127 Å². The zero-order valence-electron chi connectivity index (χ0n) is 11.6. The van der Waals surface area contributed by atoms with Crippen molar-refractivity contribution in [3.63, 3.8) is 0 Å². The van der Waals surface area contributed by atoms with Crippen LogP contribution < -0.4 is 5.73 Å². The number of benzene rings is 1. The molecule has 2 N–H and O–H groups in total. The Hall–Kier alpha value is -0.620. The van der Waals surface area contributed by atoms with Gasteiger partial charge < -0.3 is 5.73 Å². The second-order valence-corrected chi connectivity index (χ2v) is 7.16. The van der Waals surface area contributed by atoms with Crippen LogP contribution in [0.5, 0.6) is 0 Å². The normalized spacial score (nSPS) is 15.1. The third kappa shape index (κ3) is 5.40. The fourth-order valence-corrected chi connectivity index (χ4v) is 4.01. The van der Waals surface area contributed by atoms with Crippen LogP contribution in [0, 0.1) is 5.92 Å². The predicted octanol–water partition coefficient (Wildman–Crippen LogP) is 1.65. The molecule has 1 aliphatic carbocycles. The molecule has 0 heterocycles. The molecular weight excluding hydrogens is 296 g/mol. The lowest BCUT2D eigenvalue weighted by atomic mass is 10.1. The van der Waals surface area contributed by atoms with Gasteiger partial charge in [-0.15, -0.1) is 12.4 Å². The minimum absolute atomic E-state index is 0. The van der Waals surface area contributed by atoms with Crippen LogP contribution in [0.2, 0.25) is 0 Å². The molecule has 1 aromatic rings. The average Bonchev–Trinajstić information content (AvgIpc) is 3.18. The first kappa shape index (κ1) is 17.4. The predicted molar refractivity (Wildman–Crippen MR) is 84.5 cm³/mol. The van der Waals surface area contributed by atoms with Gasteiger partial charge in [0.1, 0.15) is 0 Å². The summed E-state index contributed by atoms with van der Waals surface area (Å²) in [6.07, 6.45) is 2.84. The summed E-state index contributed by atoms with van der Waals surface area (Å²) in [6.45, 7) is 1.32. The number of hydrogen-bond acceptors (Lipinski definition) is 3. The number of nitrogens with two attached hydrogens (primary N) is 1. The van der Waals surface area contributed by atoms with Gasteiger partial charge in [-0.25, -0.2) is 12.7 Å². The molecule has 0 aliphatic heterocycles. The minimum atomic E-state index is -3.14. The van der Waals surface area contributed by atoms with Crippen molar-refractivity contribution in [1.82, 2.24) is 4.31 Å². The highest BCUT2D eigenvalue weighted by Crippen LogP contribution is 2.31. The van der Waals surface area contributed by atoms with E-state index in [0.29, 0.717) is 31.3 Å². The Morgan fingerprint density at radius 2 is 1.80 bits per heavy atom. The monoisotopic (exact) mass is 318 g/mol. The van der Waals surface area contributed by atoms with Crippen LogP contribution in [0.25, 0.3) is 0 Å². The molecule has 4 nitrogen and oxygen atoms in total. The SMILES string of the molecule is Cl.NCCN(CCc1ccccc1)S(=O)(=O)CC1CC1. The molecule has 20 heavy (non-hydrogen) atoms. The van der Waals surface area contributed by atoms with Crippen LogP contribution in [0.4, 0.5) is 0 Å². The van der Waals surface area contributed by atoms with E-state index in [2.05, 4.69) is 0 Å². The van der Waals surface area contributed by atoms with E-state index >= 15 is 0 Å². The summed E-state index contributed by atoms with van der Waals surface area (Å²) >= 11 is 0. The van der Waals surface area contributed by atoms with E-state index in [1.54, 1.807) is 4.31 Å². The Morgan fingerprint density at radius 1 is 1.15 bits per heavy atom. The summed E-state index contributed by atoms with van der Waals surface area (Å²) < 4.78 is 26.1. The minimum Gasteiger partial charge on any atom is -0.329 e. The summed E-state index contributed by atoms with van der Waals surface area (Å²) in [5.41, 5.74) is 6.69. The van der Waals surface area contributed by atoms with Crippen LogP contribution in [0.15, 0.2) is 30.3 Å². The first-order valence-corrected chi connectivity index (χ1v) is 8.44. The topological polar surface area (TPSA) is 63.4 Å². The first-order valence-electron chi connectivity index (χ1n) is 6.83. The first-order chi connectivity index (χ1) is 9.12. The number of rotatable bonds is 8. The average molecular weight is 319 g/mol. The van der Waals surface area contributed by atoms with E-state index in [1.165, 1.54) is 0 Å². The van der Waals surface area contributed by atoms with Crippen molar-refractivity contribution in [3.05, 3.63) is 35.9 Å². The van der Waals surface area contributed by atoms with E-state index in [0.717, 1.165) is 24.8 Å². The van der Waals surface area contributed by atoms with E-state index in [4.69, 9.17) is 5.73 Å². The van der Waals surface area contributed by atoms with E-state index < -0.39 is 10.0 Å². The standard InChI is InChI=1S/C14H22N2O2S.ClH/c15-9-11-16(19(17,18)12-14-6-7-14)10-8-13-4-2-1-3-5-13;/h1-5,14H,6-12,15H2;1H. The molecular formula is C14H23ClN2O2S. The second-order valence-electron chi connectivity index (χ2n) is 5.15. The zero-order valence-corrected chi connectivity index (χ0v) is 13.2. The maximum atomic E-state index is 12.3. The molecule has 0 radical (unpaired) electrons. The number of hydrogen-bond donors (Lipinski definition) is 1. The molecule has 0 unspecified atom stereocenters. The van der Waals surface area contributed by atoms with Crippen LogP contribution in [-0.4, -0.2) is 38.1 Å². The number of nitrogens with zero attached hydrogens (tertiary/aromatic N) is 1. The van der Waals surface area contributed by atoms with Gasteiger partial charge in [0.05, 0.1) is 5.75 Å². The van der Waals surface area contributed by atoms with Crippen molar-refractivity contribution >= 4 is 22.4 Å². The molecule has 1 aliphatic rings. The zero-order chi connectivity index (χ0) is 13.7. The smallest absolute Gasteiger partial charge is 0.214 e. The van der Waals surface area contributed by atoms with Gasteiger partial charge in [0.2, 0.25) is 10.0 Å². The highest BCUT2D eigenvalue weighted by molar-refractivity contribution is 7.89. The van der Waals surface area contributed by atoms with Crippen molar-refractivity contribution in [2.45, 2.75) is 19.3 Å². The maximum Gasteiger partial charge on any atom is 0.214 e. The quantitative estimate of drug-likeness (QED) is 0.792. The molecule has 0 aromatic heterocycles. The van der Waals surface area contributed by atoms with Crippen LogP contribution in [0.1, 0.15) is 18.4 Å². The lowest BCUT2D eigenvalue weighted by Gasteiger charge is -2.21. The van der Waals surface area contributed by atoms with Crippen LogP contribution in [-0.2, 0) is 16.4 Å². The lowest BCUT2D eigenvalue weighted by molar-refractivity contribution is 0.420. The third-order valence-corrected chi connectivity index (χ3v) is 5.45. The van der Waals surface area contributed by atoms with E-state index in [9.17, 15) is 8.42 Å². The van der Waals surface area contributed by atoms with Gasteiger partial charge >= 0.3 is 0 Å². The molecule has 1 fully saturated rings. The summed E-state index contributed by atoms with van der Waals surface area (Å²) in [7, 11) is -3.14. The molecule has 114 valence electrons. The second kappa shape index (κ2) is 7.98. The highest BCUT2D eigenvalue weighted by Gasteiger charge is 2.31. The molecule has 1 aromatic carbocycles. The summed E-state index contributed by atoms with van der Waals surface area (Å²) in [5.74, 6) is 0.670.